The molecule has 2 rings (SSSR count). The van der Waals surface area contributed by atoms with E-state index < -0.39 is 28.7 Å². The summed E-state index contributed by atoms with van der Waals surface area (Å²) in [5.41, 5.74) is -0.638. The van der Waals surface area contributed by atoms with E-state index in [1.54, 1.807) is 0 Å². The lowest BCUT2D eigenvalue weighted by Gasteiger charge is -2.14. The molecule has 0 aliphatic carbocycles. The molecular weight excluding hydrogens is 326 g/mol. The van der Waals surface area contributed by atoms with Crippen molar-refractivity contribution < 1.29 is 26.3 Å². The molecule has 0 bridgehead atoms. The molecule has 22 heavy (non-hydrogen) atoms. The van der Waals surface area contributed by atoms with E-state index in [0.29, 0.717) is 11.1 Å². The van der Waals surface area contributed by atoms with Crippen molar-refractivity contribution in [1.82, 2.24) is 0 Å². The van der Waals surface area contributed by atoms with E-state index >= 15 is 0 Å². The van der Waals surface area contributed by atoms with Gasteiger partial charge in [0.1, 0.15) is 0 Å². The Morgan fingerprint density at radius 3 is 1.09 bits per heavy atom. The molecule has 7 heteroatoms. The topological polar surface area (TPSA) is 0 Å². The minimum Gasteiger partial charge on any atom is -0.166 e. The monoisotopic (exact) mass is 336 g/mol. The van der Waals surface area contributed by atoms with Gasteiger partial charge in [0.25, 0.3) is 0 Å². The largest absolute Gasteiger partial charge is 0.416 e. The Balaban J connectivity index is 2.23. The van der Waals surface area contributed by atoms with Crippen LogP contribution in [0.4, 0.5) is 26.3 Å². The molecule has 0 amide bonds. The molecule has 0 unspecified atom stereocenters. The summed E-state index contributed by atoms with van der Waals surface area (Å²) in [7, 11) is 0. The smallest absolute Gasteiger partial charge is 0.166 e. The summed E-state index contributed by atoms with van der Waals surface area (Å²) in [5.74, 6) is 0. The summed E-state index contributed by atoms with van der Waals surface area (Å²) >= 11 is 4.26. The number of halogens is 6. The SMILES string of the molecule is FC(F)(F)c1ccc(C(S)c2ccc(C(F)(F)F)cc2)cc1. The normalized spacial score (nSPS) is 12.7. The van der Waals surface area contributed by atoms with Crippen LogP contribution in [0.1, 0.15) is 27.5 Å². The van der Waals surface area contributed by atoms with Gasteiger partial charge < -0.3 is 0 Å². The van der Waals surface area contributed by atoms with Gasteiger partial charge in [0, 0.05) is 0 Å². The van der Waals surface area contributed by atoms with E-state index in [4.69, 9.17) is 0 Å². The molecule has 0 spiro atoms. The first-order chi connectivity index (χ1) is 10.1. The Morgan fingerprint density at radius 2 is 0.864 bits per heavy atom. The third-order valence-electron chi connectivity index (χ3n) is 3.11. The van der Waals surface area contributed by atoms with Crippen molar-refractivity contribution >= 4 is 12.6 Å². The molecule has 0 N–H and O–H groups in total. The maximum absolute atomic E-state index is 12.5. The summed E-state index contributed by atoms with van der Waals surface area (Å²) in [6, 6.07) is 8.73. The predicted octanol–water partition coefficient (Wildman–Crippen LogP) is 5.74. The van der Waals surface area contributed by atoms with Gasteiger partial charge >= 0.3 is 12.4 Å². The zero-order valence-corrected chi connectivity index (χ0v) is 11.8. The molecule has 0 nitrogen and oxygen atoms in total. The molecule has 0 saturated carbocycles. The van der Waals surface area contributed by atoms with Gasteiger partial charge in [0.05, 0.1) is 16.4 Å². The Kier molecular flexibility index (Phi) is 4.47. The first-order valence-corrected chi connectivity index (χ1v) is 6.63. The molecule has 0 atom stereocenters. The van der Waals surface area contributed by atoms with Gasteiger partial charge in [-0.05, 0) is 35.4 Å². The lowest BCUT2D eigenvalue weighted by Crippen LogP contribution is -2.06. The lowest BCUT2D eigenvalue weighted by atomic mass is 10.0. The van der Waals surface area contributed by atoms with Crippen LogP contribution in [-0.2, 0) is 12.4 Å². The molecule has 118 valence electrons. The van der Waals surface area contributed by atoms with Crippen molar-refractivity contribution in [2.45, 2.75) is 17.6 Å². The molecular formula is C15H10F6S. The molecule has 2 aromatic rings. The predicted molar refractivity (Wildman–Crippen MR) is 73.7 cm³/mol. The van der Waals surface area contributed by atoms with Gasteiger partial charge in [-0.3, -0.25) is 0 Å². The fourth-order valence-electron chi connectivity index (χ4n) is 1.90. The number of hydrogen-bond donors (Lipinski definition) is 1. The molecule has 0 aliphatic rings. The number of hydrogen-bond acceptors (Lipinski definition) is 1. The minimum atomic E-state index is -4.43. The number of thiol groups is 1. The highest BCUT2D eigenvalue weighted by atomic mass is 32.1. The first-order valence-electron chi connectivity index (χ1n) is 6.11. The fraction of sp³-hybridized carbons (Fsp3) is 0.200. The van der Waals surface area contributed by atoms with E-state index in [1.807, 2.05) is 0 Å². The van der Waals surface area contributed by atoms with Gasteiger partial charge in [-0.1, -0.05) is 24.3 Å². The molecule has 0 aliphatic heterocycles. The maximum Gasteiger partial charge on any atom is 0.416 e. The third-order valence-corrected chi connectivity index (χ3v) is 3.70. The van der Waals surface area contributed by atoms with Crippen LogP contribution < -0.4 is 0 Å². The van der Waals surface area contributed by atoms with Gasteiger partial charge in [0.15, 0.2) is 0 Å². The Morgan fingerprint density at radius 1 is 0.591 bits per heavy atom. The standard InChI is InChI=1S/C15H10F6S/c16-14(17,18)11-5-1-9(2-6-11)13(22)10-3-7-12(8-4-10)15(19,20)21/h1-8,13,22H. The maximum atomic E-state index is 12.5. The Hall–Kier alpha value is -1.63. The van der Waals surface area contributed by atoms with Gasteiger partial charge in [0.2, 0.25) is 0 Å². The summed E-state index contributed by atoms with van der Waals surface area (Å²) in [6.45, 7) is 0. The van der Waals surface area contributed by atoms with Crippen LogP contribution >= 0.6 is 12.6 Å². The average molecular weight is 336 g/mol. The summed E-state index contributed by atoms with van der Waals surface area (Å²) in [6.07, 6.45) is -8.86. The Labute approximate surface area is 128 Å². The zero-order valence-electron chi connectivity index (χ0n) is 10.9. The summed E-state index contributed by atoms with van der Waals surface area (Å²) in [5, 5.41) is -0.607. The van der Waals surface area contributed by atoms with Crippen molar-refractivity contribution in [2.75, 3.05) is 0 Å². The number of benzene rings is 2. The Bertz CT molecular complexity index is 568. The molecule has 0 saturated heterocycles. The first kappa shape index (κ1) is 16.7. The van der Waals surface area contributed by atoms with Crippen LogP contribution in [0.3, 0.4) is 0 Å². The van der Waals surface area contributed by atoms with E-state index in [0.717, 1.165) is 24.3 Å². The lowest BCUT2D eigenvalue weighted by molar-refractivity contribution is -0.138. The molecule has 0 fully saturated rings. The van der Waals surface area contributed by atoms with Crippen LogP contribution in [0.2, 0.25) is 0 Å². The van der Waals surface area contributed by atoms with Crippen LogP contribution in [-0.4, -0.2) is 0 Å². The quantitative estimate of drug-likeness (QED) is 0.524. The highest BCUT2D eigenvalue weighted by Crippen LogP contribution is 2.35. The van der Waals surface area contributed by atoms with Crippen LogP contribution in [0.15, 0.2) is 48.5 Å². The second kappa shape index (κ2) is 5.87. The van der Waals surface area contributed by atoms with E-state index in [-0.39, 0.29) is 0 Å². The molecule has 0 aromatic heterocycles. The van der Waals surface area contributed by atoms with Crippen LogP contribution in [0.5, 0.6) is 0 Å². The minimum absolute atomic E-state index is 0.469. The van der Waals surface area contributed by atoms with Crippen molar-refractivity contribution in [3.05, 3.63) is 70.8 Å². The fourth-order valence-corrected chi connectivity index (χ4v) is 2.25. The third kappa shape index (κ3) is 3.76. The van der Waals surface area contributed by atoms with Gasteiger partial charge in [-0.2, -0.15) is 39.0 Å². The number of rotatable bonds is 2. The number of alkyl halides is 6. The van der Waals surface area contributed by atoms with Crippen molar-refractivity contribution in [3.8, 4) is 0 Å². The molecule has 0 heterocycles. The van der Waals surface area contributed by atoms with Crippen molar-refractivity contribution in [2.24, 2.45) is 0 Å². The summed E-state index contributed by atoms with van der Waals surface area (Å²) in [4.78, 5) is 0. The average Bonchev–Trinajstić information content (AvgIpc) is 2.45. The van der Waals surface area contributed by atoms with Gasteiger partial charge in [-0.15, -0.1) is 0 Å². The molecule has 2 aromatic carbocycles. The van der Waals surface area contributed by atoms with E-state index in [9.17, 15) is 26.3 Å². The van der Waals surface area contributed by atoms with Crippen molar-refractivity contribution in [3.63, 3.8) is 0 Å². The second-order valence-corrected chi connectivity index (χ2v) is 5.16. The highest BCUT2D eigenvalue weighted by Gasteiger charge is 2.31. The molecule has 0 radical (unpaired) electrons. The van der Waals surface area contributed by atoms with Crippen LogP contribution in [0, 0.1) is 0 Å². The van der Waals surface area contributed by atoms with E-state index in [2.05, 4.69) is 12.6 Å². The van der Waals surface area contributed by atoms with Crippen LogP contribution in [0.25, 0.3) is 0 Å². The summed E-state index contributed by atoms with van der Waals surface area (Å²) < 4.78 is 74.8. The van der Waals surface area contributed by atoms with E-state index in [1.165, 1.54) is 24.3 Å². The van der Waals surface area contributed by atoms with Gasteiger partial charge in [-0.25, -0.2) is 0 Å². The highest BCUT2D eigenvalue weighted by molar-refractivity contribution is 7.80. The van der Waals surface area contributed by atoms with Crippen molar-refractivity contribution in [1.29, 1.82) is 0 Å². The second-order valence-electron chi connectivity index (χ2n) is 4.64. The zero-order chi connectivity index (χ0) is 16.5.